The van der Waals surface area contributed by atoms with Crippen molar-refractivity contribution < 1.29 is 22.5 Å². The maximum atomic E-state index is 11.6. The summed E-state index contributed by atoms with van der Waals surface area (Å²) in [5.74, 6) is -0.0726. The van der Waals surface area contributed by atoms with Crippen molar-refractivity contribution >= 4 is 16.1 Å². The Morgan fingerprint density at radius 3 is 2.05 bits per heavy atom. The van der Waals surface area contributed by atoms with E-state index < -0.39 is 21.8 Å². The second-order valence-corrected chi connectivity index (χ2v) is 7.33. The van der Waals surface area contributed by atoms with Gasteiger partial charge in [-0.15, -0.1) is 0 Å². The van der Waals surface area contributed by atoms with Crippen LogP contribution in [-0.2, 0) is 19.6 Å². The Morgan fingerprint density at radius 1 is 1.15 bits per heavy atom. The molecule has 6 nitrogen and oxygen atoms in total. The molecule has 0 atom stereocenters. The Hall–Kier alpha value is -0.660. The second-order valence-electron chi connectivity index (χ2n) is 5.81. The molecule has 20 heavy (non-hydrogen) atoms. The number of ether oxygens (including phenoxy) is 1. The Labute approximate surface area is 122 Å². The quantitative estimate of drug-likeness (QED) is 0.369. The van der Waals surface area contributed by atoms with Crippen LogP contribution in [0.25, 0.3) is 0 Å². The minimum absolute atomic E-state index is 0.0417. The van der Waals surface area contributed by atoms with Crippen molar-refractivity contribution in [3.8, 4) is 0 Å². The lowest BCUT2D eigenvalue weighted by Crippen LogP contribution is -2.32. The van der Waals surface area contributed by atoms with Gasteiger partial charge in [0.1, 0.15) is 6.10 Å². The summed E-state index contributed by atoms with van der Waals surface area (Å²) in [7, 11) is -4.24. The largest absolute Gasteiger partial charge is 0.748 e. The number of nitrogens with one attached hydrogen (secondary N) is 1. The molecule has 0 radical (unpaired) electrons. The van der Waals surface area contributed by atoms with Gasteiger partial charge in [-0.25, -0.2) is 8.42 Å². The van der Waals surface area contributed by atoms with Crippen LogP contribution in [0.15, 0.2) is 0 Å². The molecule has 0 fully saturated rings. The first-order valence-corrected chi connectivity index (χ1v) is 8.51. The zero-order valence-corrected chi connectivity index (χ0v) is 13.5. The summed E-state index contributed by atoms with van der Waals surface area (Å²) < 4.78 is 36.5. The number of hydrogen-bond donors (Lipinski definition) is 1. The van der Waals surface area contributed by atoms with Crippen LogP contribution in [0.1, 0.15) is 40.5 Å². The zero-order chi connectivity index (χ0) is 15.8. The van der Waals surface area contributed by atoms with Gasteiger partial charge in [-0.3, -0.25) is 4.79 Å². The molecule has 0 aliphatic rings. The second kappa shape index (κ2) is 9.31. The molecule has 0 heterocycles. The fourth-order valence-corrected chi connectivity index (χ4v) is 2.25. The van der Waals surface area contributed by atoms with E-state index in [1.807, 2.05) is 0 Å². The highest BCUT2D eigenvalue weighted by molar-refractivity contribution is 7.85. The van der Waals surface area contributed by atoms with E-state index >= 15 is 0 Å². The van der Waals surface area contributed by atoms with E-state index in [1.54, 1.807) is 0 Å². The number of carbonyl (C=O) groups excluding carboxylic acids is 1. The first-order valence-electron chi connectivity index (χ1n) is 6.94. The first-order chi connectivity index (χ1) is 9.10. The summed E-state index contributed by atoms with van der Waals surface area (Å²) in [6.45, 7) is 8.15. The molecule has 0 saturated heterocycles. The molecule has 0 aromatic carbocycles. The van der Waals surface area contributed by atoms with Crippen LogP contribution >= 0.6 is 0 Å². The zero-order valence-electron chi connectivity index (χ0n) is 12.7. The summed E-state index contributed by atoms with van der Waals surface area (Å²) in [4.78, 5) is 11.6. The number of esters is 1. The van der Waals surface area contributed by atoms with E-state index in [4.69, 9.17) is 4.74 Å². The van der Waals surface area contributed by atoms with Crippen molar-refractivity contribution in [2.75, 3.05) is 18.8 Å². The van der Waals surface area contributed by atoms with Crippen LogP contribution in [-0.4, -0.2) is 43.9 Å². The van der Waals surface area contributed by atoms with Crippen molar-refractivity contribution in [1.29, 1.82) is 0 Å². The molecule has 0 aliphatic heterocycles. The van der Waals surface area contributed by atoms with E-state index in [0.717, 1.165) is 12.8 Å². The summed E-state index contributed by atoms with van der Waals surface area (Å²) in [6.07, 6.45) is 1.49. The Bertz CT molecular complexity index is 368. The average molecular weight is 308 g/mol. The van der Waals surface area contributed by atoms with E-state index in [-0.39, 0.29) is 19.2 Å². The highest BCUT2D eigenvalue weighted by Crippen LogP contribution is 2.16. The van der Waals surface area contributed by atoms with Gasteiger partial charge in [-0.05, 0) is 24.7 Å². The lowest BCUT2D eigenvalue weighted by atomic mass is 9.98. The Balaban J connectivity index is 4.06. The molecule has 0 aromatic heterocycles. The molecule has 0 unspecified atom stereocenters. The van der Waals surface area contributed by atoms with Crippen LogP contribution in [0.5, 0.6) is 0 Å². The molecule has 0 aromatic rings. The van der Waals surface area contributed by atoms with Crippen molar-refractivity contribution in [3.63, 3.8) is 0 Å². The van der Waals surface area contributed by atoms with Crippen LogP contribution in [0.4, 0.5) is 0 Å². The summed E-state index contributed by atoms with van der Waals surface area (Å²) in [6, 6.07) is 0. The van der Waals surface area contributed by atoms with Gasteiger partial charge < -0.3 is 14.6 Å². The van der Waals surface area contributed by atoms with Crippen LogP contribution in [0.2, 0.25) is 0 Å². The number of rotatable bonds is 10. The maximum Gasteiger partial charge on any atom is 0.320 e. The summed E-state index contributed by atoms with van der Waals surface area (Å²) in [5, 5.41) is 2.60. The third-order valence-corrected chi connectivity index (χ3v) is 3.27. The molecular weight excluding hydrogens is 282 g/mol. The van der Waals surface area contributed by atoms with Gasteiger partial charge in [0.15, 0.2) is 0 Å². The fourth-order valence-electron chi connectivity index (χ4n) is 1.86. The van der Waals surface area contributed by atoms with Gasteiger partial charge in [0.05, 0.1) is 22.4 Å². The molecule has 0 amide bonds. The molecule has 120 valence electrons. The fraction of sp³-hybridized carbons (Fsp3) is 0.923. The standard InChI is InChI=1S/C13H27NO5S/c1-10(2)7-12(8-11(3)4)19-13(15)9-14-5-6-20(16,17)18/h10-12,14H,5-9H2,1-4H3,(H,16,17,18)/p-1. The van der Waals surface area contributed by atoms with Gasteiger partial charge in [-0.2, -0.15) is 0 Å². The van der Waals surface area contributed by atoms with Gasteiger partial charge >= 0.3 is 5.97 Å². The Kier molecular flexibility index (Phi) is 9.00. The minimum Gasteiger partial charge on any atom is -0.748 e. The minimum atomic E-state index is -4.24. The third-order valence-electron chi connectivity index (χ3n) is 2.56. The molecule has 7 heteroatoms. The predicted octanol–water partition coefficient (Wildman–Crippen LogP) is 1.13. The average Bonchev–Trinajstić information content (AvgIpc) is 2.21. The number of carbonyl (C=O) groups is 1. The third kappa shape index (κ3) is 12.4. The van der Waals surface area contributed by atoms with Gasteiger partial charge in [0, 0.05) is 6.54 Å². The van der Waals surface area contributed by atoms with Crippen molar-refractivity contribution in [1.82, 2.24) is 5.32 Å². The lowest BCUT2D eigenvalue weighted by Gasteiger charge is -2.21. The van der Waals surface area contributed by atoms with E-state index in [1.165, 1.54) is 0 Å². The van der Waals surface area contributed by atoms with Crippen molar-refractivity contribution in [2.24, 2.45) is 11.8 Å². The molecule has 0 aliphatic carbocycles. The molecule has 0 rings (SSSR count). The number of hydrogen-bond acceptors (Lipinski definition) is 6. The highest BCUT2D eigenvalue weighted by atomic mass is 32.2. The van der Waals surface area contributed by atoms with Gasteiger partial charge in [0.25, 0.3) is 0 Å². The lowest BCUT2D eigenvalue weighted by molar-refractivity contribution is -0.149. The highest BCUT2D eigenvalue weighted by Gasteiger charge is 2.17. The Morgan fingerprint density at radius 2 is 1.65 bits per heavy atom. The SMILES string of the molecule is CC(C)CC(CC(C)C)OC(=O)CNCCS(=O)(=O)[O-]. The van der Waals surface area contributed by atoms with E-state index in [2.05, 4.69) is 33.0 Å². The predicted molar refractivity (Wildman–Crippen MR) is 76.2 cm³/mol. The topological polar surface area (TPSA) is 95.5 Å². The molecule has 0 spiro atoms. The van der Waals surface area contributed by atoms with E-state index in [0.29, 0.717) is 11.8 Å². The molecule has 0 bridgehead atoms. The van der Waals surface area contributed by atoms with Crippen molar-refractivity contribution in [3.05, 3.63) is 0 Å². The van der Waals surface area contributed by atoms with Crippen molar-refractivity contribution in [2.45, 2.75) is 46.6 Å². The normalized spacial score (nSPS) is 12.4. The van der Waals surface area contributed by atoms with Crippen LogP contribution in [0.3, 0.4) is 0 Å². The monoisotopic (exact) mass is 308 g/mol. The maximum absolute atomic E-state index is 11.6. The first kappa shape index (κ1) is 19.3. The van der Waals surface area contributed by atoms with E-state index in [9.17, 15) is 17.8 Å². The van der Waals surface area contributed by atoms with Crippen LogP contribution < -0.4 is 5.32 Å². The van der Waals surface area contributed by atoms with Gasteiger partial charge in [0.2, 0.25) is 0 Å². The molecule has 1 N–H and O–H groups in total. The van der Waals surface area contributed by atoms with Crippen LogP contribution in [0, 0.1) is 11.8 Å². The molecular formula is C13H26NO5S-. The summed E-state index contributed by atoms with van der Waals surface area (Å²) in [5.41, 5.74) is 0. The summed E-state index contributed by atoms with van der Waals surface area (Å²) >= 11 is 0. The van der Waals surface area contributed by atoms with Gasteiger partial charge in [-0.1, -0.05) is 27.7 Å². The smallest absolute Gasteiger partial charge is 0.320 e. The molecule has 0 saturated carbocycles.